The van der Waals surface area contributed by atoms with Gasteiger partial charge in [-0.15, -0.1) is 0 Å². The molecule has 2 heterocycles. The zero-order valence-corrected chi connectivity index (χ0v) is 13.1. The van der Waals surface area contributed by atoms with E-state index in [2.05, 4.69) is 20.6 Å². The van der Waals surface area contributed by atoms with E-state index in [9.17, 15) is 9.59 Å². The van der Waals surface area contributed by atoms with Gasteiger partial charge in [0.1, 0.15) is 5.82 Å². The lowest BCUT2D eigenvalue weighted by atomic mass is 10.0. The molecule has 0 saturated heterocycles. The van der Waals surface area contributed by atoms with Crippen LogP contribution in [0, 0.1) is 5.92 Å². The van der Waals surface area contributed by atoms with Gasteiger partial charge in [-0.25, -0.2) is 9.78 Å². The molecule has 0 unspecified atom stereocenters. The monoisotopic (exact) mass is 317 g/mol. The Morgan fingerprint density at radius 3 is 2.96 bits per heavy atom. The number of nitrogens with zero attached hydrogens (tertiary/aromatic N) is 3. The van der Waals surface area contributed by atoms with E-state index in [0.29, 0.717) is 17.3 Å². The molecular formula is C15H19N5O3. The Bertz CT molecular complexity index is 742. The Balaban J connectivity index is 1.81. The van der Waals surface area contributed by atoms with Gasteiger partial charge in [0.25, 0.3) is 0 Å². The van der Waals surface area contributed by atoms with Gasteiger partial charge in [0.2, 0.25) is 11.7 Å². The third kappa shape index (κ3) is 2.84. The minimum absolute atomic E-state index is 0.0508. The summed E-state index contributed by atoms with van der Waals surface area (Å²) in [5, 5.41) is 6.02. The van der Waals surface area contributed by atoms with Crippen molar-refractivity contribution >= 4 is 23.5 Å². The molecule has 0 radical (unpaired) electrons. The van der Waals surface area contributed by atoms with Crippen LogP contribution in [0.1, 0.15) is 29.8 Å². The van der Waals surface area contributed by atoms with E-state index in [1.807, 2.05) is 0 Å². The number of anilines is 1. The zero-order chi connectivity index (χ0) is 16.4. The first-order chi connectivity index (χ1) is 11.1. The second-order valence-corrected chi connectivity index (χ2v) is 5.52. The summed E-state index contributed by atoms with van der Waals surface area (Å²) < 4.78 is 6.28. The second kappa shape index (κ2) is 6.23. The Morgan fingerprint density at radius 1 is 1.39 bits per heavy atom. The maximum Gasteiger partial charge on any atom is 0.356 e. The van der Waals surface area contributed by atoms with Crippen LogP contribution in [0.5, 0.6) is 0 Å². The molecule has 2 atom stereocenters. The average Bonchev–Trinajstić information content (AvgIpc) is 3.20. The molecule has 1 aliphatic rings. The first-order valence-corrected chi connectivity index (χ1v) is 7.54. The number of imidazole rings is 1. The molecule has 8 nitrogen and oxygen atoms in total. The van der Waals surface area contributed by atoms with Crippen molar-refractivity contribution in [2.75, 3.05) is 19.5 Å². The summed E-state index contributed by atoms with van der Waals surface area (Å²) in [5.74, 6) is 0.582. The molecule has 122 valence electrons. The maximum atomic E-state index is 11.9. The highest BCUT2D eigenvalue weighted by Gasteiger charge is 2.32. The molecule has 1 fully saturated rings. The van der Waals surface area contributed by atoms with E-state index >= 15 is 0 Å². The van der Waals surface area contributed by atoms with Gasteiger partial charge in [-0.05, 0) is 18.9 Å². The maximum absolute atomic E-state index is 11.9. The highest BCUT2D eigenvalue weighted by Crippen LogP contribution is 2.28. The van der Waals surface area contributed by atoms with E-state index in [0.717, 1.165) is 19.3 Å². The summed E-state index contributed by atoms with van der Waals surface area (Å²) in [5.41, 5.74) is 0.325. The van der Waals surface area contributed by atoms with Gasteiger partial charge in [-0.3, -0.25) is 9.20 Å². The van der Waals surface area contributed by atoms with Gasteiger partial charge in [-0.1, -0.05) is 6.42 Å². The van der Waals surface area contributed by atoms with Crippen LogP contribution in [0.2, 0.25) is 0 Å². The van der Waals surface area contributed by atoms with Gasteiger partial charge in [0, 0.05) is 19.3 Å². The molecule has 0 spiro atoms. The first-order valence-electron chi connectivity index (χ1n) is 7.54. The summed E-state index contributed by atoms with van der Waals surface area (Å²) in [4.78, 5) is 32.1. The van der Waals surface area contributed by atoms with Gasteiger partial charge in [-0.2, -0.15) is 4.98 Å². The lowest BCUT2D eigenvalue weighted by Gasteiger charge is -2.20. The Labute approximate surface area is 133 Å². The SMILES string of the molecule is CNC(=O)[C@H]1CCC[C@@H]1Nc1ccn2c(C(=O)OC)cnc2n1. The molecule has 1 amide bonds. The van der Waals surface area contributed by atoms with Crippen LogP contribution in [0.15, 0.2) is 18.5 Å². The third-order valence-electron chi connectivity index (χ3n) is 4.21. The molecule has 8 heteroatoms. The summed E-state index contributed by atoms with van der Waals surface area (Å²) in [6.07, 6.45) is 5.95. The molecule has 0 aliphatic heterocycles. The molecule has 0 aromatic carbocycles. The van der Waals surface area contributed by atoms with Crippen LogP contribution in [-0.2, 0) is 9.53 Å². The first kappa shape index (κ1) is 15.3. The average molecular weight is 317 g/mol. The van der Waals surface area contributed by atoms with Crippen molar-refractivity contribution in [3.63, 3.8) is 0 Å². The van der Waals surface area contributed by atoms with Gasteiger partial charge in [0.15, 0.2) is 5.69 Å². The number of esters is 1. The largest absolute Gasteiger partial charge is 0.464 e. The highest BCUT2D eigenvalue weighted by molar-refractivity contribution is 5.88. The van der Waals surface area contributed by atoms with Crippen molar-refractivity contribution in [2.24, 2.45) is 5.92 Å². The molecule has 23 heavy (non-hydrogen) atoms. The molecule has 2 aromatic rings. The van der Waals surface area contributed by atoms with Gasteiger partial charge < -0.3 is 15.4 Å². The van der Waals surface area contributed by atoms with Crippen molar-refractivity contribution in [3.05, 3.63) is 24.2 Å². The van der Waals surface area contributed by atoms with E-state index in [-0.39, 0.29) is 17.9 Å². The number of rotatable bonds is 4. The fraction of sp³-hybridized carbons (Fsp3) is 0.467. The van der Waals surface area contributed by atoms with Crippen LogP contribution < -0.4 is 10.6 Å². The van der Waals surface area contributed by atoms with Crippen molar-refractivity contribution in [3.8, 4) is 0 Å². The Hall–Kier alpha value is -2.64. The minimum Gasteiger partial charge on any atom is -0.464 e. The fourth-order valence-corrected chi connectivity index (χ4v) is 3.03. The summed E-state index contributed by atoms with van der Waals surface area (Å²) in [6.45, 7) is 0. The zero-order valence-electron chi connectivity index (χ0n) is 13.1. The Kier molecular flexibility index (Phi) is 4.14. The van der Waals surface area contributed by atoms with Crippen molar-refractivity contribution in [1.82, 2.24) is 19.7 Å². The van der Waals surface area contributed by atoms with Crippen LogP contribution in [-0.4, -0.2) is 46.4 Å². The number of amides is 1. The molecule has 2 N–H and O–H groups in total. The fourth-order valence-electron chi connectivity index (χ4n) is 3.03. The molecule has 0 bridgehead atoms. The number of nitrogens with one attached hydrogen (secondary N) is 2. The number of carbonyl (C=O) groups excluding carboxylic acids is 2. The normalized spacial score (nSPS) is 20.4. The molecule has 1 aliphatic carbocycles. The number of ether oxygens (including phenoxy) is 1. The summed E-state index contributed by atoms with van der Waals surface area (Å²) in [7, 11) is 2.98. The lowest BCUT2D eigenvalue weighted by molar-refractivity contribution is -0.124. The predicted octanol–water partition coefficient (Wildman–Crippen LogP) is 0.842. The van der Waals surface area contributed by atoms with E-state index in [1.165, 1.54) is 13.3 Å². The van der Waals surface area contributed by atoms with Crippen LogP contribution in [0.3, 0.4) is 0 Å². The summed E-state index contributed by atoms with van der Waals surface area (Å²) >= 11 is 0. The van der Waals surface area contributed by atoms with Gasteiger partial charge in [0.05, 0.1) is 19.2 Å². The number of fused-ring (bicyclic) bond motifs is 1. The number of hydrogen-bond donors (Lipinski definition) is 2. The van der Waals surface area contributed by atoms with Crippen molar-refractivity contribution in [2.45, 2.75) is 25.3 Å². The topological polar surface area (TPSA) is 97.6 Å². The smallest absolute Gasteiger partial charge is 0.356 e. The number of carbonyl (C=O) groups is 2. The highest BCUT2D eigenvalue weighted by atomic mass is 16.5. The third-order valence-corrected chi connectivity index (χ3v) is 4.21. The molecule has 1 saturated carbocycles. The number of aromatic nitrogens is 3. The minimum atomic E-state index is -0.463. The quantitative estimate of drug-likeness (QED) is 0.811. The van der Waals surface area contributed by atoms with Crippen LogP contribution in [0.25, 0.3) is 5.78 Å². The van der Waals surface area contributed by atoms with Gasteiger partial charge >= 0.3 is 5.97 Å². The second-order valence-electron chi connectivity index (χ2n) is 5.52. The van der Waals surface area contributed by atoms with Crippen LogP contribution in [0.4, 0.5) is 5.82 Å². The molecule has 3 rings (SSSR count). The van der Waals surface area contributed by atoms with E-state index in [4.69, 9.17) is 4.74 Å². The van der Waals surface area contributed by atoms with Crippen LogP contribution >= 0.6 is 0 Å². The number of methoxy groups -OCH3 is 1. The van der Waals surface area contributed by atoms with Crippen molar-refractivity contribution < 1.29 is 14.3 Å². The summed E-state index contributed by atoms with van der Waals surface area (Å²) in [6, 6.07) is 1.82. The molecular weight excluding hydrogens is 298 g/mol. The standard InChI is InChI=1S/C15H19N5O3/c1-16-13(21)9-4-3-5-10(9)18-12-6-7-20-11(14(22)23-2)8-17-15(20)19-12/h6-10H,3-5H2,1-2H3,(H,16,21)(H,17,18,19)/t9-,10-/m0/s1. The molecule has 2 aromatic heterocycles. The lowest BCUT2D eigenvalue weighted by Crippen LogP contribution is -2.36. The van der Waals surface area contributed by atoms with E-state index < -0.39 is 5.97 Å². The number of hydrogen-bond acceptors (Lipinski definition) is 6. The Morgan fingerprint density at radius 2 is 2.22 bits per heavy atom. The van der Waals surface area contributed by atoms with Crippen molar-refractivity contribution in [1.29, 1.82) is 0 Å². The predicted molar refractivity (Wildman–Crippen MR) is 83.1 cm³/mol. The van der Waals surface area contributed by atoms with E-state index in [1.54, 1.807) is 23.7 Å².